The summed E-state index contributed by atoms with van der Waals surface area (Å²) in [6.45, 7) is 0.975. The molecule has 132 valence electrons. The zero-order valence-electron chi connectivity index (χ0n) is 13.6. The smallest absolute Gasteiger partial charge is 0.300 e. The minimum atomic E-state index is -0.302. The fraction of sp³-hybridized carbons (Fsp3) is 0.158. The Morgan fingerprint density at radius 3 is 2.81 bits per heavy atom. The lowest BCUT2D eigenvalue weighted by molar-refractivity contribution is 0.143. The van der Waals surface area contributed by atoms with E-state index >= 15 is 0 Å². The van der Waals surface area contributed by atoms with E-state index in [1.54, 1.807) is 10.8 Å². The van der Waals surface area contributed by atoms with Crippen molar-refractivity contribution in [3.8, 4) is 22.9 Å². The molecule has 1 atom stereocenters. The van der Waals surface area contributed by atoms with Gasteiger partial charge >= 0.3 is 0 Å². The average molecular weight is 478 g/mol. The van der Waals surface area contributed by atoms with Crippen LogP contribution in [0.2, 0.25) is 0 Å². The van der Waals surface area contributed by atoms with Gasteiger partial charge in [-0.1, -0.05) is 34.1 Å². The fourth-order valence-corrected chi connectivity index (χ4v) is 3.68. The molecule has 3 aromatic rings. The van der Waals surface area contributed by atoms with Crippen LogP contribution in [-0.2, 0) is 6.54 Å². The Bertz CT molecular complexity index is 1020. The highest BCUT2D eigenvalue weighted by molar-refractivity contribution is 9.10. The summed E-state index contributed by atoms with van der Waals surface area (Å²) in [7, 11) is 0. The number of hydrogen-bond donors (Lipinski definition) is 0. The van der Waals surface area contributed by atoms with Gasteiger partial charge in [-0.3, -0.25) is 9.36 Å². The molecule has 0 N–H and O–H groups in total. The van der Waals surface area contributed by atoms with Crippen LogP contribution in [-0.4, -0.2) is 22.3 Å². The molecule has 0 amide bonds. The second kappa shape index (κ2) is 7.25. The van der Waals surface area contributed by atoms with E-state index in [0.717, 1.165) is 25.8 Å². The highest BCUT2D eigenvalue weighted by Gasteiger charge is 2.24. The first-order valence-corrected chi connectivity index (χ1v) is 9.59. The molecule has 0 bridgehead atoms. The van der Waals surface area contributed by atoms with Crippen LogP contribution in [0, 0.1) is 0 Å². The van der Waals surface area contributed by atoms with Gasteiger partial charge in [0.25, 0.3) is 11.6 Å². The third-order valence-electron chi connectivity index (χ3n) is 4.04. The van der Waals surface area contributed by atoms with E-state index in [1.165, 1.54) is 6.07 Å². The Morgan fingerprint density at radius 1 is 1.15 bits per heavy atom. The van der Waals surface area contributed by atoms with Crippen molar-refractivity contribution >= 4 is 31.9 Å². The molecule has 0 fully saturated rings. The molecule has 0 saturated heterocycles. The summed E-state index contributed by atoms with van der Waals surface area (Å²) in [4.78, 5) is 15.1. The van der Waals surface area contributed by atoms with Crippen LogP contribution in [0.4, 0.5) is 0 Å². The normalized spacial score (nSPS) is 15.4. The molecule has 1 aromatic heterocycles. The monoisotopic (exact) mass is 476 g/mol. The lowest BCUT2D eigenvalue weighted by atomic mass is 10.1. The largest absolute Gasteiger partial charge is 0.488 e. The summed E-state index contributed by atoms with van der Waals surface area (Å²) in [5.74, 6) is 0.741. The highest BCUT2D eigenvalue weighted by Crippen LogP contribution is 2.32. The number of ether oxygens (including phenoxy) is 2. The lowest BCUT2D eigenvalue weighted by Crippen LogP contribution is -2.23. The van der Waals surface area contributed by atoms with Crippen molar-refractivity contribution in [1.82, 2.24) is 9.55 Å². The molecule has 0 unspecified atom stereocenters. The van der Waals surface area contributed by atoms with Gasteiger partial charge in [0.15, 0.2) is 6.10 Å². The first kappa shape index (κ1) is 17.3. The van der Waals surface area contributed by atoms with Crippen LogP contribution in [0.25, 0.3) is 11.1 Å². The van der Waals surface area contributed by atoms with E-state index < -0.39 is 0 Å². The summed E-state index contributed by atoms with van der Waals surface area (Å²) in [6.07, 6.45) is 1.51. The molecular formula is C19H14Br2N2O3. The minimum absolute atomic E-state index is 0.180. The number of benzene rings is 2. The maximum Gasteiger partial charge on any atom is 0.300 e. The minimum Gasteiger partial charge on any atom is -0.488 e. The van der Waals surface area contributed by atoms with Crippen molar-refractivity contribution in [3.05, 3.63) is 74.0 Å². The molecule has 2 heterocycles. The zero-order chi connectivity index (χ0) is 18.1. The van der Waals surface area contributed by atoms with E-state index in [9.17, 15) is 4.79 Å². The summed E-state index contributed by atoms with van der Waals surface area (Å²) >= 11 is 7.07. The summed E-state index contributed by atoms with van der Waals surface area (Å²) in [5.41, 5.74) is 1.92. The van der Waals surface area contributed by atoms with E-state index in [-0.39, 0.29) is 11.7 Å². The summed E-state index contributed by atoms with van der Waals surface area (Å²) in [6, 6.07) is 15.9. The predicted molar refractivity (Wildman–Crippen MR) is 106 cm³/mol. The first-order valence-electron chi connectivity index (χ1n) is 8.01. The predicted octanol–water partition coefficient (Wildman–Crippen LogP) is 4.28. The van der Waals surface area contributed by atoms with Crippen molar-refractivity contribution in [2.45, 2.75) is 12.6 Å². The molecule has 0 spiro atoms. The van der Waals surface area contributed by atoms with Crippen molar-refractivity contribution in [2.75, 3.05) is 6.61 Å². The van der Waals surface area contributed by atoms with Crippen LogP contribution >= 0.6 is 31.9 Å². The second-order valence-electron chi connectivity index (χ2n) is 5.91. The fourth-order valence-electron chi connectivity index (χ4n) is 2.79. The molecule has 2 aromatic carbocycles. The van der Waals surface area contributed by atoms with Crippen molar-refractivity contribution in [1.29, 1.82) is 0 Å². The van der Waals surface area contributed by atoms with Crippen LogP contribution < -0.4 is 15.0 Å². The maximum absolute atomic E-state index is 11.3. The Hall–Kier alpha value is -2.12. The Morgan fingerprint density at radius 2 is 2.00 bits per heavy atom. The SMILES string of the molecule is O=c1ccn2c(n1)O[C@H](COc1ccc(-c3cccc(Br)c3)cc1Br)C2. The van der Waals surface area contributed by atoms with Crippen LogP contribution in [0.3, 0.4) is 0 Å². The molecule has 1 aliphatic heterocycles. The number of rotatable bonds is 4. The number of nitrogens with zero attached hydrogens (tertiary/aromatic N) is 2. The van der Waals surface area contributed by atoms with Gasteiger partial charge in [0.2, 0.25) is 0 Å². The van der Waals surface area contributed by atoms with E-state index in [4.69, 9.17) is 9.47 Å². The summed E-state index contributed by atoms with van der Waals surface area (Å²) in [5, 5.41) is 0. The average Bonchev–Trinajstić information content (AvgIpc) is 3.02. The second-order valence-corrected chi connectivity index (χ2v) is 7.68. The van der Waals surface area contributed by atoms with E-state index in [0.29, 0.717) is 19.2 Å². The maximum atomic E-state index is 11.3. The molecule has 0 aliphatic carbocycles. The Kier molecular flexibility index (Phi) is 4.82. The molecule has 26 heavy (non-hydrogen) atoms. The van der Waals surface area contributed by atoms with Crippen molar-refractivity contribution < 1.29 is 9.47 Å². The van der Waals surface area contributed by atoms with Gasteiger partial charge in [-0.2, -0.15) is 4.98 Å². The van der Waals surface area contributed by atoms with Gasteiger partial charge in [-0.25, -0.2) is 0 Å². The first-order chi connectivity index (χ1) is 12.6. The third kappa shape index (κ3) is 3.68. The number of halogens is 2. The standard InChI is InChI=1S/C19H14Br2N2O3/c20-14-3-1-2-12(8-14)13-4-5-17(16(21)9-13)25-11-15-10-23-7-6-18(24)22-19(23)26-15/h1-9,15H,10-11H2/t15-/m0/s1. The zero-order valence-corrected chi connectivity index (χ0v) is 16.7. The molecule has 0 saturated carbocycles. The Labute approximate surface area is 166 Å². The van der Waals surface area contributed by atoms with Gasteiger partial charge < -0.3 is 9.47 Å². The Balaban J connectivity index is 1.44. The topological polar surface area (TPSA) is 53.4 Å². The third-order valence-corrected chi connectivity index (χ3v) is 5.15. The molecule has 7 heteroatoms. The lowest BCUT2D eigenvalue weighted by Gasteiger charge is -2.13. The molecule has 0 radical (unpaired) electrons. The molecule has 5 nitrogen and oxygen atoms in total. The van der Waals surface area contributed by atoms with Gasteiger partial charge in [0.1, 0.15) is 12.4 Å². The molecule has 1 aliphatic rings. The van der Waals surface area contributed by atoms with E-state index in [2.05, 4.69) is 49.0 Å². The van der Waals surface area contributed by atoms with Crippen LogP contribution in [0.5, 0.6) is 11.8 Å². The molecular weight excluding hydrogens is 464 g/mol. The van der Waals surface area contributed by atoms with Crippen molar-refractivity contribution in [3.63, 3.8) is 0 Å². The van der Waals surface area contributed by atoms with Gasteiger partial charge in [0.05, 0.1) is 11.0 Å². The van der Waals surface area contributed by atoms with Crippen LogP contribution in [0.1, 0.15) is 0 Å². The quantitative estimate of drug-likeness (QED) is 0.562. The summed E-state index contributed by atoms with van der Waals surface area (Å²) < 4.78 is 15.3. The van der Waals surface area contributed by atoms with Gasteiger partial charge in [-0.15, -0.1) is 0 Å². The number of fused-ring (bicyclic) bond motifs is 1. The molecule has 4 rings (SSSR count). The van der Waals surface area contributed by atoms with E-state index in [1.807, 2.05) is 30.3 Å². The van der Waals surface area contributed by atoms with Gasteiger partial charge in [-0.05, 0) is 51.3 Å². The van der Waals surface area contributed by atoms with Crippen molar-refractivity contribution in [2.24, 2.45) is 0 Å². The number of hydrogen-bond acceptors (Lipinski definition) is 4. The number of aromatic nitrogens is 2. The van der Waals surface area contributed by atoms with Crippen LogP contribution in [0.15, 0.2) is 68.5 Å². The van der Waals surface area contributed by atoms with Gasteiger partial charge in [0, 0.05) is 16.7 Å². The highest BCUT2D eigenvalue weighted by atomic mass is 79.9.